The summed E-state index contributed by atoms with van der Waals surface area (Å²) in [5.74, 6) is 0.311. The second kappa shape index (κ2) is 6.68. The fourth-order valence-electron chi connectivity index (χ4n) is 2.45. The average molecular weight is 337 g/mol. The number of anilines is 2. The third kappa shape index (κ3) is 3.19. The van der Waals surface area contributed by atoms with Crippen LogP contribution in [0.1, 0.15) is 13.8 Å². The third-order valence-corrected chi connectivity index (χ3v) is 3.97. The van der Waals surface area contributed by atoms with Crippen molar-refractivity contribution in [3.63, 3.8) is 0 Å². The Morgan fingerprint density at radius 1 is 1.04 bits per heavy atom. The highest BCUT2D eigenvalue weighted by atomic mass is 16.5. The maximum atomic E-state index is 13.1. The van der Waals surface area contributed by atoms with Crippen molar-refractivity contribution in [3.8, 4) is 11.5 Å². The van der Waals surface area contributed by atoms with Crippen molar-refractivity contribution in [2.24, 2.45) is 5.10 Å². The van der Waals surface area contributed by atoms with Gasteiger partial charge in [0.2, 0.25) is 0 Å². The first-order chi connectivity index (χ1) is 12.0. The molecule has 6 heteroatoms. The molecule has 3 rings (SSSR count). The molecule has 2 amide bonds. The second-order valence-corrected chi connectivity index (χ2v) is 5.65. The minimum Gasteiger partial charge on any atom is -0.504 e. The number of hydrazone groups is 1. The first kappa shape index (κ1) is 16.6. The van der Waals surface area contributed by atoms with Crippen molar-refractivity contribution in [1.82, 2.24) is 0 Å². The zero-order valence-electron chi connectivity index (χ0n) is 14.3. The van der Waals surface area contributed by atoms with E-state index < -0.39 is 0 Å². The van der Waals surface area contributed by atoms with E-state index in [4.69, 9.17) is 4.74 Å². The van der Waals surface area contributed by atoms with E-state index in [-0.39, 0.29) is 11.8 Å². The first-order valence-corrected chi connectivity index (χ1v) is 7.80. The van der Waals surface area contributed by atoms with Crippen molar-refractivity contribution in [2.75, 3.05) is 17.0 Å². The van der Waals surface area contributed by atoms with Crippen LogP contribution < -0.4 is 14.6 Å². The Morgan fingerprint density at radius 3 is 2.44 bits per heavy atom. The summed E-state index contributed by atoms with van der Waals surface area (Å²) in [5.41, 5.74) is 2.85. The van der Waals surface area contributed by atoms with E-state index in [0.29, 0.717) is 17.1 Å². The molecule has 1 aliphatic rings. The molecule has 1 N–H and O–H groups in total. The third-order valence-electron chi connectivity index (χ3n) is 3.97. The summed E-state index contributed by atoms with van der Waals surface area (Å²) in [5, 5.41) is 15.6. The topological polar surface area (TPSA) is 65.4 Å². The van der Waals surface area contributed by atoms with Crippen molar-refractivity contribution in [1.29, 1.82) is 0 Å². The molecule has 128 valence electrons. The van der Waals surface area contributed by atoms with Gasteiger partial charge in [-0.3, -0.25) is 4.90 Å². The van der Waals surface area contributed by atoms with Crippen molar-refractivity contribution < 1.29 is 14.6 Å². The fourth-order valence-corrected chi connectivity index (χ4v) is 2.45. The number of carbonyl (C=O) groups is 1. The highest BCUT2D eigenvalue weighted by molar-refractivity contribution is 6.11. The summed E-state index contributed by atoms with van der Waals surface area (Å²) in [6.07, 6.45) is 1.73. The van der Waals surface area contributed by atoms with Crippen LogP contribution in [0, 0.1) is 0 Å². The number of rotatable bonds is 3. The summed E-state index contributed by atoms with van der Waals surface area (Å²) >= 11 is 0. The molecular formula is C19H19N3O3. The van der Waals surface area contributed by atoms with Gasteiger partial charge in [-0.05, 0) is 43.7 Å². The van der Waals surface area contributed by atoms with E-state index in [1.165, 1.54) is 23.1 Å². The monoisotopic (exact) mass is 337 g/mol. The van der Waals surface area contributed by atoms with Crippen molar-refractivity contribution in [3.05, 3.63) is 60.3 Å². The van der Waals surface area contributed by atoms with Crippen LogP contribution >= 0.6 is 0 Å². The average Bonchev–Trinajstić information content (AvgIpc) is 2.74. The van der Waals surface area contributed by atoms with E-state index in [1.54, 1.807) is 18.3 Å². The number of amides is 2. The highest BCUT2D eigenvalue weighted by Gasteiger charge is 2.26. The lowest BCUT2D eigenvalue weighted by molar-refractivity contribution is 0.253. The lowest BCUT2D eigenvalue weighted by Gasteiger charge is -2.24. The Labute approximate surface area is 146 Å². The van der Waals surface area contributed by atoms with Gasteiger partial charge in [-0.2, -0.15) is 10.1 Å². The van der Waals surface area contributed by atoms with Crippen molar-refractivity contribution >= 4 is 23.1 Å². The van der Waals surface area contributed by atoms with Crippen LogP contribution in [0.2, 0.25) is 0 Å². The number of para-hydroxylation sites is 1. The Morgan fingerprint density at radius 2 is 1.76 bits per heavy atom. The van der Waals surface area contributed by atoms with Gasteiger partial charge >= 0.3 is 6.03 Å². The number of allylic oxidation sites excluding steroid dienone is 1. The lowest BCUT2D eigenvalue weighted by atomic mass is 10.2. The predicted molar refractivity (Wildman–Crippen MR) is 98.3 cm³/mol. The largest absolute Gasteiger partial charge is 0.504 e. The molecule has 1 aliphatic heterocycles. The Hall–Kier alpha value is -3.28. The van der Waals surface area contributed by atoms with E-state index in [0.717, 1.165) is 11.3 Å². The molecule has 6 nitrogen and oxygen atoms in total. The molecule has 0 spiro atoms. The standard InChI is InChI=1S/C19H19N3O3/c1-13-12-21(16-9-10-17(23)18(11-16)25-3)19(24)22(20-14(13)2)15-7-5-4-6-8-15/h4-12,23H,1-3H3. The quantitative estimate of drug-likeness (QED) is 0.916. The van der Waals surface area contributed by atoms with Crippen LogP contribution in [-0.4, -0.2) is 24.0 Å². The normalized spacial score (nSPS) is 14.8. The smallest absolute Gasteiger partial charge is 0.353 e. The molecule has 0 radical (unpaired) electrons. The van der Waals surface area contributed by atoms with E-state index in [9.17, 15) is 9.90 Å². The number of methoxy groups -OCH3 is 1. The number of nitrogens with zero attached hydrogens (tertiary/aromatic N) is 3. The maximum absolute atomic E-state index is 13.1. The highest BCUT2D eigenvalue weighted by Crippen LogP contribution is 2.32. The Balaban J connectivity index is 2.09. The molecule has 1 heterocycles. The molecule has 0 unspecified atom stereocenters. The SMILES string of the molecule is COc1cc(N2C=C(C)C(C)=NN(c3ccccc3)C2=O)ccc1O. The van der Waals surface area contributed by atoms with Gasteiger partial charge in [0.25, 0.3) is 0 Å². The summed E-state index contributed by atoms with van der Waals surface area (Å²) in [6.45, 7) is 3.75. The number of benzene rings is 2. The number of ether oxygens (including phenoxy) is 1. The zero-order chi connectivity index (χ0) is 18.0. The predicted octanol–water partition coefficient (Wildman–Crippen LogP) is 4.13. The Bertz CT molecular complexity index is 859. The number of hydrogen-bond acceptors (Lipinski definition) is 4. The molecule has 0 saturated heterocycles. The molecule has 2 aromatic carbocycles. The minimum absolute atomic E-state index is 0.0153. The number of hydrogen-bond donors (Lipinski definition) is 1. The molecular weight excluding hydrogens is 318 g/mol. The van der Waals surface area contributed by atoms with Crippen LogP contribution in [0.15, 0.2) is 65.4 Å². The maximum Gasteiger partial charge on any atom is 0.353 e. The number of phenols is 1. The molecule has 0 fully saturated rings. The Kier molecular flexibility index (Phi) is 4.43. The number of aromatic hydroxyl groups is 1. The number of urea groups is 1. The molecule has 0 bridgehead atoms. The van der Waals surface area contributed by atoms with Gasteiger partial charge in [-0.25, -0.2) is 4.79 Å². The first-order valence-electron chi connectivity index (χ1n) is 7.80. The van der Waals surface area contributed by atoms with Crippen LogP contribution in [0.25, 0.3) is 0 Å². The van der Waals surface area contributed by atoms with Crippen LogP contribution in [-0.2, 0) is 0 Å². The van der Waals surface area contributed by atoms with E-state index >= 15 is 0 Å². The summed E-state index contributed by atoms with van der Waals surface area (Å²) < 4.78 is 5.15. The van der Waals surface area contributed by atoms with E-state index in [1.807, 2.05) is 44.2 Å². The minimum atomic E-state index is -0.324. The van der Waals surface area contributed by atoms with Gasteiger partial charge in [0.1, 0.15) is 0 Å². The van der Waals surface area contributed by atoms with Gasteiger partial charge in [0, 0.05) is 12.3 Å². The van der Waals surface area contributed by atoms with Gasteiger partial charge in [0.15, 0.2) is 11.5 Å². The molecule has 0 atom stereocenters. The van der Waals surface area contributed by atoms with Gasteiger partial charge in [-0.15, -0.1) is 0 Å². The molecule has 2 aromatic rings. The molecule has 0 saturated carbocycles. The number of phenolic OH excluding ortho intramolecular Hbond substituents is 1. The van der Waals surface area contributed by atoms with Gasteiger partial charge < -0.3 is 9.84 Å². The van der Waals surface area contributed by atoms with Crippen molar-refractivity contribution in [2.45, 2.75) is 13.8 Å². The number of carbonyl (C=O) groups excluding carboxylic acids is 1. The fraction of sp³-hybridized carbons (Fsp3) is 0.158. The summed E-state index contributed by atoms with van der Waals surface area (Å²) in [6, 6.07) is 13.7. The molecule has 0 aromatic heterocycles. The van der Waals surface area contributed by atoms with Gasteiger partial charge in [0.05, 0.1) is 24.2 Å². The molecule has 25 heavy (non-hydrogen) atoms. The van der Waals surface area contributed by atoms with Crippen LogP contribution in [0.4, 0.5) is 16.2 Å². The van der Waals surface area contributed by atoms with Crippen LogP contribution in [0.3, 0.4) is 0 Å². The van der Waals surface area contributed by atoms with E-state index in [2.05, 4.69) is 5.10 Å². The zero-order valence-corrected chi connectivity index (χ0v) is 14.3. The second-order valence-electron chi connectivity index (χ2n) is 5.65. The summed E-state index contributed by atoms with van der Waals surface area (Å²) in [7, 11) is 1.47. The lowest BCUT2D eigenvalue weighted by Crippen LogP contribution is -2.37. The van der Waals surface area contributed by atoms with Gasteiger partial charge in [-0.1, -0.05) is 18.2 Å². The molecule has 0 aliphatic carbocycles. The van der Waals surface area contributed by atoms with Crippen LogP contribution in [0.5, 0.6) is 11.5 Å². The summed E-state index contributed by atoms with van der Waals surface area (Å²) in [4.78, 5) is 14.6.